The molecule has 0 aromatic carbocycles. The number of aliphatic hydroxyl groups is 10. The molecule has 44 heavy (non-hydrogen) atoms. The van der Waals surface area contributed by atoms with Gasteiger partial charge in [-0.25, -0.2) is 0 Å². The highest BCUT2D eigenvalue weighted by Gasteiger charge is 2.55. The summed E-state index contributed by atoms with van der Waals surface area (Å²) in [6.45, 7) is 3.08. The number of ether oxygens (including phenoxy) is 8. The first-order valence-electron chi connectivity index (χ1n) is 14.5. The monoisotopic (exact) mass is 646 g/mol. The van der Waals surface area contributed by atoms with Crippen molar-refractivity contribution in [2.75, 3.05) is 20.3 Å². The molecule has 0 saturated carbocycles. The lowest BCUT2D eigenvalue weighted by Crippen LogP contribution is -2.67. The van der Waals surface area contributed by atoms with Crippen molar-refractivity contribution in [1.82, 2.24) is 0 Å². The first kappa shape index (κ1) is 36.1. The normalized spacial score (nSPS) is 53.9. The van der Waals surface area contributed by atoms with Crippen LogP contribution in [-0.4, -0.2) is 188 Å². The summed E-state index contributed by atoms with van der Waals surface area (Å²) < 4.78 is 46.1. The van der Waals surface area contributed by atoms with E-state index >= 15 is 0 Å². The molecule has 0 bridgehead atoms. The molecular weight excluding hydrogens is 600 g/mol. The number of hydrogen-bond acceptors (Lipinski definition) is 18. The van der Waals surface area contributed by atoms with Crippen LogP contribution >= 0.6 is 0 Å². The van der Waals surface area contributed by atoms with Crippen LogP contribution in [0.25, 0.3) is 0 Å². The highest BCUT2D eigenvalue weighted by Crippen LogP contribution is 2.37. The summed E-state index contributed by atoms with van der Waals surface area (Å²) in [6, 6.07) is 0. The molecule has 20 atom stereocenters. The van der Waals surface area contributed by atoms with E-state index in [2.05, 4.69) is 0 Å². The maximum absolute atomic E-state index is 11.0. The SMILES string of the molecule is CO[C@@H]1OC(CO)[C@@H](O[C@@H]2OC(CO)[C@H](O)[C@H](O)C2O[C@@H]2OC(C)[C@@H](O)[C@H](O)C2O)[C@H](O[C@@H]2OC(C)[C@@H](O)[C@H](O)C2O)C1C. The van der Waals surface area contributed by atoms with E-state index in [1.54, 1.807) is 6.92 Å². The van der Waals surface area contributed by atoms with Gasteiger partial charge in [-0.05, 0) is 13.8 Å². The van der Waals surface area contributed by atoms with Gasteiger partial charge in [-0.15, -0.1) is 0 Å². The molecule has 0 amide bonds. The lowest BCUT2D eigenvalue weighted by Gasteiger charge is -2.50. The Hall–Kier alpha value is -0.720. The Labute approximate surface area is 253 Å². The Bertz CT molecular complexity index is 901. The molecule has 18 nitrogen and oxygen atoms in total. The molecule has 4 heterocycles. The van der Waals surface area contributed by atoms with Gasteiger partial charge in [0.1, 0.15) is 73.2 Å². The third-order valence-electron chi connectivity index (χ3n) is 8.67. The van der Waals surface area contributed by atoms with Crippen molar-refractivity contribution in [2.45, 2.75) is 137 Å². The molecule has 10 N–H and O–H groups in total. The van der Waals surface area contributed by atoms with E-state index in [-0.39, 0.29) is 0 Å². The smallest absolute Gasteiger partial charge is 0.187 e. The first-order chi connectivity index (χ1) is 20.7. The molecule has 4 saturated heterocycles. The van der Waals surface area contributed by atoms with Gasteiger partial charge >= 0.3 is 0 Å². The average Bonchev–Trinajstić information content (AvgIpc) is 3.01. The number of aliphatic hydroxyl groups excluding tert-OH is 10. The van der Waals surface area contributed by atoms with Crippen LogP contribution in [0.4, 0.5) is 0 Å². The summed E-state index contributed by atoms with van der Waals surface area (Å²) >= 11 is 0. The summed E-state index contributed by atoms with van der Waals surface area (Å²) in [4.78, 5) is 0. The highest BCUT2D eigenvalue weighted by atomic mass is 16.8. The van der Waals surface area contributed by atoms with Crippen molar-refractivity contribution < 1.29 is 89.0 Å². The molecule has 0 aromatic rings. The van der Waals surface area contributed by atoms with Gasteiger partial charge in [0.2, 0.25) is 0 Å². The van der Waals surface area contributed by atoms with E-state index in [1.165, 1.54) is 21.0 Å². The standard InChI is InChI=1S/C26H46O18/c1-7-20(42-24-18(35)15(32)12(29)8(2)38-24)21(11(6-28)41-23(7)37-4)43-26-22(17(34)14(31)10(5-27)40-26)44-25-19(36)16(33)13(30)9(3)39-25/h7-36H,5-6H2,1-4H3/t7?,8?,9?,10?,11?,12-,13-,14+,15+,16+,17+,18?,19?,20-,21-,22?,23-,24+,25+,26+/m1/s1. The molecule has 0 aromatic heterocycles. The lowest BCUT2D eigenvalue weighted by molar-refractivity contribution is -0.395. The second kappa shape index (κ2) is 15.0. The van der Waals surface area contributed by atoms with E-state index in [1.807, 2.05) is 0 Å². The van der Waals surface area contributed by atoms with Gasteiger partial charge in [0.25, 0.3) is 0 Å². The van der Waals surface area contributed by atoms with Crippen LogP contribution in [0.2, 0.25) is 0 Å². The Morgan fingerprint density at radius 2 is 0.909 bits per heavy atom. The molecule has 0 aliphatic carbocycles. The molecule has 4 aliphatic rings. The summed E-state index contributed by atoms with van der Waals surface area (Å²) in [5.41, 5.74) is 0. The molecule has 4 rings (SSSR count). The number of methoxy groups -OCH3 is 1. The highest BCUT2D eigenvalue weighted by molar-refractivity contribution is 4.97. The second-order valence-corrected chi connectivity index (χ2v) is 11.7. The summed E-state index contributed by atoms with van der Waals surface area (Å²) in [5, 5.41) is 104. The third-order valence-corrected chi connectivity index (χ3v) is 8.67. The predicted molar refractivity (Wildman–Crippen MR) is 139 cm³/mol. The third kappa shape index (κ3) is 7.08. The van der Waals surface area contributed by atoms with Crippen molar-refractivity contribution in [3.63, 3.8) is 0 Å². The zero-order valence-electron chi connectivity index (χ0n) is 24.7. The topological polar surface area (TPSA) is 276 Å². The fourth-order valence-corrected chi connectivity index (χ4v) is 5.85. The maximum Gasteiger partial charge on any atom is 0.187 e. The van der Waals surface area contributed by atoms with Crippen LogP contribution in [0.3, 0.4) is 0 Å². The molecular formula is C26H46O18. The van der Waals surface area contributed by atoms with E-state index in [4.69, 9.17) is 37.9 Å². The zero-order valence-corrected chi connectivity index (χ0v) is 24.7. The molecule has 4 fully saturated rings. The Morgan fingerprint density at radius 3 is 1.39 bits per heavy atom. The van der Waals surface area contributed by atoms with E-state index in [0.29, 0.717) is 0 Å². The molecule has 258 valence electrons. The summed E-state index contributed by atoms with van der Waals surface area (Å²) in [5.74, 6) is -0.712. The quantitative estimate of drug-likeness (QED) is 0.112. The fourth-order valence-electron chi connectivity index (χ4n) is 5.85. The zero-order chi connectivity index (χ0) is 32.6. The molecule has 8 unspecified atom stereocenters. The maximum atomic E-state index is 11.0. The van der Waals surface area contributed by atoms with Crippen molar-refractivity contribution in [2.24, 2.45) is 5.92 Å². The summed E-state index contributed by atoms with van der Waals surface area (Å²) in [6.07, 6.45) is -27.7. The van der Waals surface area contributed by atoms with Gasteiger partial charge in [0, 0.05) is 13.0 Å². The largest absolute Gasteiger partial charge is 0.394 e. The van der Waals surface area contributed by atoms with Gasteiger partial charge in [-0.2, -0.15) is 0 Å². The van der Waals surface area contributed by atoms with Crippen LogP contribution in [0.5, 0.6) is 0 Å². The van der Waals surface area contributed by atoms with Gasteiger partial charge in [-0.1, -0.05) is 6.92 Å². The van der Waals surface area contributed by atoms with E-state index < -0.39 is 136 Å². The van der Waals surface area contributed by atoms with Crippen LogP contribution in [0.15, 0.2) is 0 Å². The minimum atomic E-state index is -1.82. The minimum absolute atomic E-state index is 0.665. The van der Waals surface area contributed by atoms with Gasteiger partial charge in [0.15, 0.2) is 25.2 Å². The van der Waals surface area contributed by atoms with Crippen molar-refractivity contribution in [3.05, 3.63) is 0 Å². The summed E-state index contributed by atoms with van der Waals surface area (Å²) in [7, 11) is 1.35. The van der Waals surface area contributed by atoms with Crippen molar-refractivity contribution in [3.8, 4) is 0 Å². The Kier molecular flexibility index (Phi) is 12.3. The molecule has 4 aliphatic heterocycles. The number of hydrogen-bond donors (Lipinski definition) is 10. The second-order valence-electron chi connectivity index (χ2n) is 11.7. The van der Waals surface area contributed by atoms with Gasteiger partial charge in [-0.3, -0.25) is 0 Å². The van der Waals surface area contributed by atoms with Crippen molar-refractivity contribution >= 4 is 0 Å². The molecule has 18 heteroatoms. The Balaban J connectivity index is 1.63. The predicted octanol–water partition coefficient (Wildman–Crippen LogP) is -5.76. The molecule has 0 spiro atoms. The van der Waals surface area contributed by atoms with Crippen LogP contribution in [0.1, 0.15) is 20.8 Å². The number of rotatable bonds is 9. The van der Waals surface area contributed by atoms with E-state index in [0.717, 1.165) is 0 Å². The molecule has 0 radical (unpaired) electrons. The fraction of sp³-hybridized carbons (Fsp3) is 1.00. The first-order valence-corrected chi connectivity index (χ1v) is 14.5. The van der Waals surface area contributed by atoms with Gasteiger partial charge < -0.3 is 89.0 Å². The van der Waals surface area contributed by atoms with Crippen LogP contribution in [-0.2, 0) is 37.9 Å². The lowest BCUT2D eigenvalue weighted by atomic mass is 9.91. The van der Waals surface area contributed by atoms with E-state index in [9.17, 15) is 51.1 Å². The van der Waals surface area contributed by atoms with Crippen LogP contribution < -0.4 is 0 Å². The average molecular weight is 647 g/mol. The van der Waals surface area contributed by atoms with Crippen molar-refractivity contribution in [1.29, 1.82) is 0 Å². The van der Waals surface area contributed by atoms with Crippen LogP contribution in [0, 0.1) is 5.92 Å². The minimum Gasteiger partial charge on any atom is -0.394 e. The van der Waals surface area contributed by atoms with Gasteiger partial charge in [0.05, 0.1) is 31.5 Å². The Morgan fingerprint density at radius 1 is 0.455 bits per heavy atom.